The Kier molecular flexibility index (Phi) is 5.98. The second-order valence-electron chi connectivity index (χ2n) is 5.07. The van der Waals surface area contributed by atoms with Gasteiger partial charge in [-0.25, -0.2) is 0 Å². The van der Waals surface area contributed by atoms with Crippen molar-refractivity contribution in [1.29, 1.82) is 0 Å². The van der Waals surface area contributed by atoms with Crippen LogP contribution in [0.4, 0.5) is 0 Å². The first-order chi connectivity index (χ1) is 9.69. The summed E-state index contributed by atoms with van der Waals surface area (Å²) in [6, 6.07) is 13.4. The fraction of sp³-hybridized carbons (Fsp3) is 0.353. The van der Waals surface area contributed by atoms with Gasteiger partial charge in [0.1, 0.15) is 0 Å². The van der Waals surface area contributed by atoms with Gasteiger partial charge in [0.05, 0.1) is 0 Å². The van der Waals surface area contributed by atoms with Gasteiger partial charge in [-0.1, -0.05) is 19.1 Å². The van der Waals surface area contributed by atoms with Gasteiger partial charge in [0, 0.05) is 21.5 Å². The van der Waals surface area contributed by atoms with Gasteiger partial charge in [0.2, 0.25) is 0 Å². The first-order valence-corrected chi connectivity index (χ1v) is 8.17. The summed E-state index contributed by atoms with van der Waals surface area (Å²) in [7, 11) is 0. The van der Waals surface area contributed by atoms with Crippen LogP contribution in [0.15, 0.2) is 42.6 Å². The highest BCUT2D eigenvalue weighted by atomic mass is 127. The van der Waals surface area contributed by atoms with Crippen LogP contribution >= 0.6 is 22.6 Å². The van der Waals surface area contributed by atoms with Gasteiger partial charge >= 0.3 is 0 Å². The molecule has 0 radical (unpaired) electrons. The Morgan fingerprint density at radius 2 is 1.95 bits per heavy atom. The average molecular weight is 380 g/mol. The van der Waals surface area contributed by atoms with E-state index < -0.39 is 0 Å². The smallest absolute Gasteiger partial charge is 0.0375 e. The number of benzene rings is 1. The van der Waals surface area contributed by atoms with Crippen molar-refractivity contribution in [1.82, 2.24) is 10.3 Å². The molecule has 1 aromatic carbocycles. The molecular formula is C17H21IN2. The molecule has 0 spiro atoms. The SMILES string of the molecule is CCCNC(Cc1ccc(I)cc1)c1ccnc(C)c1. The van der Waals surface area contributed by atoms with Crippen molar-refractivity contribution < 1.29 is 0 Å². The minimum Gasteiger partial charge on any atom is -0.310 e. The van der Waals surface area contributed by atoms with Gasteiger partial charge in [-0.2, -0.15) is 0 Å². The largest absolute Gasteiger partial charge is 0.310 e. The highest BCUT2D eigenvalue weighted by Gasteiger charge is 2.11. The summed E-state index contributed by atoms with van der Waals surface area (Å²) in [5.41, 5.74) is 3.77. The van der Waals surface area contributed by atoms with E-state index in [1.165, 1.54) is 14.7 Å². The van der Waals surface area contributed by atoms with Crippen molar-refractivity contribution in [2.75, 3.05) is 6.54 Å². The maximum absolute atomic E-state index is 4.29. The molecule has 2 rings (SSSR count). The van der Waals surface area contributed by atoms with Crippen LogP contribution in [0, 0.1) is 10.5 Å². The summed E-state index contributed by atoms with van der Waals surface area (Å²) in [6.45, 7) is 5.29. The molecule has 2 aromatic rings. The summed E-state index contributed by atoms with van der Waals surface area (Å²) >= 11 is 2.34. The van der Waals surface area contributed by atoms with Crippen molar-refractivity contribution in [3.63, 3.8) is 0 Å². The molecule has 1 atom stereocenters. The van der Waals surface area contributed by atoms with E-state index in [4.69, 9.17) is 0 Å². The van der Waals surface area contributed by atoms with Crippen molar-refractivity contribution in [3.05, 3.63) is 63.0 Å². The van der Waals surface area contributed by atoms with E-state index in [1.54, 1.807) is 0 Å². The van der Waals surface area contributed by atoms with Crippen LogP contribution in [-0.4, -0.2) is 11.5 Å². The molecule has 0 fully saturated rings. The van der Waals surface area contributed by atoms with Crippen molar-refractivity contribution in [2.24, 2.45) is 0 Å². The van der Waals surface area contributed by atoms with Gasteiger partial charge in [0.25, 0.3) is 0 Å². The van der Waals surface area contributed by atoms with E-state index >= 15 is 0 Å². The second kappa shape index (κ2) is 7.74. The lowest BCUT2D eigenvalue weighted by atomic mass is 9.99. The first-order valence-electron chi connectivity index (χ1n) is 7.09. The molecule has 1 unspecified atom stereocenters. The topological polar surface area (TPSA) is 24.9 Å². The average Bonchev–Trinajstić information content (AvgIpc) is 2.45. The number of nitrogens with one attached hydrogen (secondary N) is 1. The van der Waals surface area contributed by atoms with Crippen LogP contribution in [0.25, 0.3) is 0 Å². The molecule has 0 amide bonds. The molecule has 106 valence electrons. The van der Waals surface area contributed by atoms with Gasteiger partial charge in [-0.3, -0.25) is 4.98 Å². The number of nitrogens with zero attached hydrogens (tertiary/aromatic N) is 1. The predicted molar refractivity (Wildman–Crippen MR) is 92.9 cm³/mol. The Balaban J connectivity index is 2.16. The van der Waals surface area contributed by atoms with Crippen LogP contribution in [0.5, 0.6) is 0 Å². The Hall–Kier alpha value is -0.940. The molecule has 0 saturated heterocycles. The standard InChI is InChI=1S/C17H21IN2/c1-3-9-20-17(15-8-10-19-13(2)11-15)12-14-4-6-16(18)7-5-14/h4-8,10-11,17,20H,3,9,12H2,1-2H3. The zero-order chi connectivity index (χ0) is 14.4. The van der Waals surface area contributed by atoms with Crippen LogP contribution in [-0.2, 0) is 6.42 Å². The zero-order valence-electron chi connectivity index (χ0n) is 12.1. The number of hydrogen-bond acceptors (Lipinski definition) is 2. The normalized spacial score (nSPS) is 12.3. The van der Waals surface area contributed by atoms with Gasteiger partial charge in [0.15, 0.2) is 0 Å². The third-order valence-electron chi connectivity index (χ3n) is 3.32. The lowest BCUT2D eigenvalue weighted by Crippen LogP contribution is -2.24. The summed E-state index contributed by atoms with van der Waals surface area (Å²) in [5, 5.41) is 3.65. The van der Waals surface area contributed by atoms with Crippen molar-refractivity contribution in [3.8, 4) is 0 Å². The van der Waals surface area contributed by atoms with Crippen LogP contribution in [0.1, 0.15) is 36.2 Å². The minimum absolute atomic E-state index is 0.358. The quantitative estimate of drug-likeness (QED) is 0.757. The summed E-state index contributed by atoms with van der Waals surface area (Å²) in [6.07, 6.45) is 4.06. The second-order valence-corrected chi connectivity index (χ2v) is 6.31. The van der Waals surface area contributed by atoms with E-state index in [2.05, 4.69) is 76.2 Å². The summed E-state index contributed by atoms with van der Waals surface area (Å²) in [4.78, 5) is 4.29. The van der Waals surface area contributed by atoms with E-state index in [9.17, 15) is 0 Å². The van der Waals surface area contributed by atoms with Crippen LogP contribution in [0.2, 0.25) is 0 Å². The third-order valence-corrected chi connectivity index (χ3v) is 4.04. The molecule has 0 bridgehead atoms. The first kappa shape index (κ1) is 15.4. The molecule has 1 aromatic heterocycles. The number of aryl methyl sites for hydroxylation is 1. The van der Waals surface area contributed by atoms with Crippen molar-refractivity contribution >= 4 is 22.6 Å². The minimum atomic E-state index is 0.358. The van der Waals surface area contributed by atoms with Crippen LogP contribution in [0.3, 0.4) is 0 Å². The maximum atomic E-state index is 4.29. The third kappa shape index (κ3) is 4.56. The molecule has 20 heavy (non-hydrogen) atoms. The molecule has 2 nitrogen and oxygen atoms in total. The maximum Gasteiger partial charge on any atom is 0.0375 e. The number of rotatable bonds is 6. The van der Waals surface area contributed by atoms with E-state index in [0.29, 0.717) is 6.04 Å². The fourth-order valence-electron chi connectivity index (χ4n) is 2.27. The van der Waals surface area contributed by atoms with Gasteiger partial charge in [-0.05, 0) is 84.3 Å². The van der Waals surface area contributed by atoms with Crippen molar-refractivity contribution in [2.45, 2.75) is 32.7 Å². The Morgan fingerprint density at radius 1 is 1.20 bits per heavy atom. The molecule has 1 heterocycles. The Bertz CT molecular complexity index is 537. The highest BCUT2D eigenvalue weighted by Crippen LogP contribution is 2.19. The Morgan fingerprint density at radius 3 is 2.60 bits per heavy atom. The molecule has 1 N–H and O–H groups in total. The van der Waals surface area contributed by atoms with E-state index in [1.807, 2.05) is 13.1 Å². The number of halogens is 1. The molecular weight excluding hydrogens is 359 g/mol. The summed E-state index contributed by atoms with van der Waals surface area (Å²) < 4.78 is 1.28. The molecule has 3 heteroatoms. The lowest BCUT2D eigenvalue weighted by molar-refractivity contribution is 0.528. The van der Waals surface area contributed by atoms with Gasteiger partial charge < -0.3 is 5.32 Å². The summed E-state index contributed by atoms with van der Waals surface area (Å²) in [5.74, 6) is 0. The molecule has 0 aliphatic rings. The highest BCUT2D eigenvalue weighted by molar-refractivity contribution is 14.1. The van der Waals surface area contributed by atoms with E-state index in [0.717, 1.165) is 25.1 Å². The van der Waals surface area contributed by atoms with Gasteiger partial charge in [-0.15, -0.1) is 0 Å². The zero-order valence-corrected chi connectivity index (χ0v) is 14.2. The molecule has 0 aliphatic carbocycles. The Labute approximate surface area is 135 Å². The van der Waals surface area contributed by atoms with E-state index in [-0.39, 0.29) is 0 Å². The number of aromatic nitrogens is 1. The molecule has 0 aliphatic heterocycles. The number of hydrogen-bond donors (Lipinski definition) is 1. The monoisotopic (exact) mass is 380 g/mol. The molecule has 0 saturated carbocycles. The van der Waals surface area contributed by atoms with Crippen LogP contribution < -0.4 is 5.32 Å². The number of pyridine rings is 1. The lowest BCUT2D eigenvalue weighted by Gasteiger charge is -2.19. The fourth-order valence-corrected chi connectivity index (χ4v) is 2.63. The predicted octanol–water partition coefficient (Wildman–Crippen LogP) is 4.28.